The first-order valence-corrected chi connectivity index (χ1v) is 8.73. The summed E-state index contributed by atoms with van der Waals surface area (Å²) >= 11 is 0. The largest absolute Gasteiger partial charge is 0.462 e. The van der Waals surface area contributed by atoms with Crippen molar-refractivity contribution in [3.63, 3.8) is 0 Å². The first-order valence-electron chi connectivity index (χ1n) is 8.73. The number of anilines is 2. The van der Waals surface area contributed by atoms with Crippen molar-refractivity contribution < 1.29 is 9.53 Å². The number of carbonyl (C=O) groups is 1. The highest BCUT2D eigenvalue weighted by Gasteiger charge is 2.34. The lowest BCUT2D eigenvalue weighted by Gasteiger charge is -2.27. The third kappa shape index (κ3) is 3.40. The summed E-state index contributed by atoms with van der Waals surface area (Å²) in [6.45, 7) is 4.31. The molecule has 138 valence electrons. The number of benzene rings is 1. The number of tetrazole rings is 1. The molecule has 2 heterocycles. The summed E-state index contributed by atoms with van der Waals surface area (Å²) in [5.41, 5.74) is 3.23. The van der Waals surface area contributed by atoms with Gasteiger partial charge < -0.3 is 15.0 Å². The summed E-state index contributed by atoms with van der Waals surface area (Å²) in [5, 5.41) is 14.9. The molecule has 0 bridgehead atoms. The lowest BCUT2D eigenvalue weighted by molar-refractivity contribution is -0.139. The summed E-state index contributed by atoms with van der Waals surface area (Å²) < 4.78 is 7.09. The summed E-state index contributed by atoms with van der Waals surface area (Å²) in [6.07, 6.45) is 1.81. The van der Waals surface area contributed by atoms with Gasteiger partial charge in [0, 0.05) is 25.5 Å². The number of nitrogens with zero attached hydrogens (tertiary/aromatic N) is 5. The minimum Gasteiger partial charge on any atom is -0.462 e. The Labute approximate surface area is 152 Å². The third-order valence-corrected chi connectivity index (χ3v) is 4.39. The fraction of sp³-hybridized carbons (Fsp3) is 0.444. The quantitative estimate of drug-likeness (QED) is 0.628. The molecule has 0 aliphatic carbocycles. The van der Waals surface area contributed by atoms with Gasteiger partial charge in [-0.1, -0.05) is 30.6 Å². The van der Waals surface area contributed by atoms with Crippen LogP contribution in [0, 0.1) is 0 Å². The Morgan fingerprint density at radius 1 is 1.31 bits per heavy atom. The number of hydrogen-bond acceptors (Lipinski definition) is 7. The molecule has 1 aliphatic rings. The average molecular weight is 356 g/mol. The Balaban J connectivity index is 1.99. The van der Waals surface area contributed by atoms with E-state index in [1.807, 2.05) is 50.2 Å². The second-order valence-electron chi connectivity index (χ2n) is 6.49. The molecule has 0 spiro atoms. The van der Waals surface area contributed by atoms with E-state index in [0.29, 0.717) is 23.8 Å². The summed E-state index contributed by atoms with van der Waals surface area (Å²) in [7, 11) is 3.97. The zero-order valence-electron chi connectivity index (χ0n) is 15.6. The molecule has 0 amide bonds. The molecule has 1 aromatic heterocycles. The van der Waals surface area contributed by atoms with Crippen LogP contribution in [0.2, 0.25) is 0 Å². The van der Waals surface area contributed by atoms with E-state index in [9.17, 15) is 4.79 Å². The molecule has 1 atom stereocenters. The van der Waals surface area contributed by atoms with Gasteiger partial charge in [0.05, 0.1) is 12.2 Å². The lowest BCUT2D eigenvalue weighted by atomic mass is 9.95. The molecule has 1 aliphatic heterocycles. The van der Waals surface area contributed by atoms with Crippen molar-refractivity contribution in [1.29, 1.82) is 0 Å². The van der Waals surface area contributed by atoms with E-state index in [4.69, 9.17) is 4.74 Å². The van der Waals surface area contributed by atoms with Crippen molar-refractivity contribution in [3.05, 3.63) is 41.1 Å². The van der Waals surface area contributed by atoms with Crippen molar-refractivity contribution in [2.75, 3.05) is 30.9 Å². The van der Waals surface area contributed by atoms with Crippen molar-refractivity contribution in [1.82, 2.24) is 20.2 Å². The normalized spacial score (nSPS) is 16.1. The summed E-state index contributed by atoms with van der Waals surface area (Å²) in [4.78, 5) is 14.8. The van der Waals surface area contributed by atoms with Gasteiger partial charge in [0.1, 0.15) is 6.04 Å². The maximum Gasteiger partial charge on any atom is 0.338 e. The average Bonchev–Trinajstić information content (AvgIpc) is 3.08. The van der Waals surface area contributed by atoms with Crippen molar-refractivity contribution in [3.8, 4) is 0 Å². The van der Waals surface area contributed by atoms with Gasteiger partial charge >= 0.3 is 5.97 Å². The van der Waals surface area contributed by atoms with Gasteiger partial charge in [-0.3, -0.25) is 0 Å². The van der Waals surface area contributed by atoms with Crippen molar-refractivity contribution >= 4 is 17.6 Å². The highest BCUT2D eigenvalue weighted by Crippen LogP contribution is 2.35. The van der Waals surface area contributed by atoms with Gasteiger partial charge in [-0.15, -0.1) is 0 Å². The van der Waals surface area contributed by atoms with Crippen LogP contribution in [0.5, 0.6) is 0 Å². The van der Waals surface area contributed by atoms with Gasteiger partial charge in [-0.05, 0) is 41.5 Å². The topological polar surface area (TPSA) is 85.2 Å². The van der Waals surface area contributed by atoms with Crippen LogP contribution in [-0.4, -0.2) is 46.9 Å². The second-order valence-corrected chi connectivity index (χ2v) is 6.49. The van der Waals surface area contributed by atoms with Gasteiger partial charge in [0.15, 0.2) is 0 Å². The predicted molar refractivity (Wildman–Crippen MR) is 98.9 cm³/mol. The standard InChI is InChI=1S/C18H24N6O2/c1-5-6-11-26-17(25)15-12(2)19-18-20-21-22-24(18)16(15)13-7-9-14(10-8-13)23(3)4/h7-10,16H,5-6,11H2,1-4H3,(H,19,20,22). The zero-order chi connectivity index (χ0) is 18.7. The van der Waals surface area contributed by atoms with E-state index in [1.54, 1.807) is 4.68 Å². The van der Waals surface area contributed by atoms with Crippen LogP contribution in [0.25, 0.3) is 0 Å². The van der Waals surface area contributed by atoms with Gasteiger partial charge in [-0.25, -0.2) is 4.79 Å². The highest BCUT2D eigenvalue weighted by atomic mass is 16.5. The first kappa shape index (κ1) is 17.9. The smallest absolute Gasteiger partial charge is 0.338 e. The molecule has 1 aromatic carbocycles. The van der Waals surface area contributed by atoms with Crippen LogP contribution < -0.4 is 10.2 Å². The van der Waals surface area contributed by atoms with Crippen LogP contribution in [0.3, 0.4) is 0 Å². The number of nitrogens with one attached hydrogen (secondary N) is 1. The third-order valence-electron chi connectivity index (χ3n) is 4.39. The number of fused-ring (bicyclic) bond motifs is 1. The molecule has 8 heteroatoms. The first-order chi connectivity index (χ1) is 12.5. The minimum atomic E-state index is -0.424. The minimum absolute atomic E-state index is 0.341. The molecule has 1 N–H and O–H groups in total. The molecule has 0 saturated heterocycles. The maximum atomic E-state index is 12.8. The number of esters is 1. The Hall–Kier alpha value is -2.90. The Bertz CT molecular complexity index is 809. The van der Waals surface area contributed by atoms with Crippen LogP contribution in [0.1, 0.15) is 38.3 Å². The molecule has 8 nitrogen and oxygen atoms in total. The lowest BCUT2D eigenvalue weighted by Crippen LogP contribution is -2.29. The fourth-order valence-electron chi connectivity index (χ4n) is 2.93. The van der Waals surface area contributed by atoms with Crippen LogP contribution >= 0.6 is 0 Å². The SMILES string of the molecule is CCCCOC(=O)C1=C(C)Nc2nnnn2C1c1ccc(N(C)C)cc1. The molecule has 3 rings (SSSR count). The molecular weight excluding hydrogens is 332 g/mol. The number of ether oxygens (including phenoxy) is 1. The van der Waals surface area contributed by atoms with Crippen molar-refractivity contribution in [2.24, 2.45) is 0 Å². The Morgan fingerprint density at radius 2 is 2.04 bits per heavy atom. The molecule has 0 radical (unpaired) electrons. The number of hydrogen-bond donors (Lipinski definition) is 1. The molecule has 0 saturated carbocycles. The van der Waals surface area contributed by atoms with E-state index in [0.717, 1.165) is 24.1 Å². The maximum absolute atomic E-state index is 12.8. The fourth-order valence-corrected chi connectivity index (χ4v) is 2.93. The van der Waals surface area contributed by atoms with Gasteiger partial charge in [0.25, 0.3) is 0 Å². The number of allylic oxidation sites excluding steroid dienone is 1. The van der Waals surface area contributed by atoms with Crippen LogP contribution in [0.15, 0.2) is 35.5 Å². The number of rotatable bonds is 6. The monoisotopic (exact) mass is 356 g/mol. The number of carbonyl (C=O) groups excluding carboxylic acids is 1. The van der Waals surface area contributed by atoms with Gasteiger partial charge in [0.2, 0.25) is 5.95 Å². The molecule has 26 heavy (non-hydrogen) atoms. The summed E-state index contributed by atoms with van der Waals surface area (Å²) in [5.74, 6) is 0.167. The van der Waals surface area contributed by atoms with E-state index < -0.39 is 6.04 Å². The van der Waals surface area contributed by atoms with E-state index in [2.05, 4.69) is 27.8 Å². The predicted octanol–water partition coefficient (Wildman–Crippen LogP) is 2.37. The van der Waals surface area contributed by atoms with E-state index >= 15 is 0 Å². The van der Waals surface area contributed by atoms with Crippen LogP contribution in [-0.2, 0) is 9.53 Å². The van der Waals surface area contributed by atoms with E-state index in [1.165, 1.54) is 0 Å². The zero-order valence-corrected chi connectivity index (χ0v) is 15.6. The van der Waals surface area contributed by atoms with E-state index in [-0.39, 0.29) is 5.97 Å². The molecule has 0 fully saturated rings. The Kier molecular flexibility index (Phi) is 5.20. The highest BCUT2D eigenvalue weighted by molar-refractivity contribution is 5.92. The number of unbranched alkanes of at least 4 members (excludes halogenated alkanes) is 1. The van der Waals surface area contributed by atoms with Crippen LogP contribution in [0.4, 0.5) is 11.6 Å². The number of aromatic nitrogens is 4. The van der Waals surface area contributed by atoms with Crippen molar-refractivity contribution in [2.45, 2.75) is 32.7 Å². The molecule has 2 aromatic rings. The summed E-state index contributed by atoms with van der Waals surface area (Å²) in [6, 6.07) is 7.58. The Morgan fingerprint density at radius 3 is 2.69 bits per heavy atom. The second kappa shape index (κ2) is 7.55. The molecule has 1 unspecified atom stereocenters. The molecular formula is C18H24N6O2. The van der Waals surface area contributed by atoms with Gasteiger partial charge in [-0.2, -0.15) is 4.68 Å².